The van der Waals surface area contributed by atoms with Crippen molar-refractivity contribution in [2.24, 2.45) is 0 Å². The van der Waals surface area contributed by atoms with Gasteiger partial charge in [0.2, 0.25) is 0 Å². The van der Waals surface area contributed by atoms with Crippen molar-refractivity contribution in [3.05, 3.63) is 46.7 Å². The summed E-state index contributed by atoms with van der Waals surface area (Å²) in [4.78, 5) is 37.6. The maximum Gasteiger partial charge on any atom is 0.490 e. The van der Waals surface area contributed by atoms with Crippen LogP contribution in [0, 0.1) is 0 Å². The van der Waals surface area contributed by atoms with Crippen LogP contribution in [0.2, 0.25) is 0 Å². The number of halogens is 9. The van der Waals surface area contributed by atoms with Crippen molar-refractivity contribution in [3.63, 3.8) is 0 Å². The molecule has 2 aromatic rings. The van der Waals surface area contributed by atoms with Crippen LogP contribution >= 0.6 is 11.3 Å². The van der Waals surface area contributed by atoms with Gasteiger partial charge in [0.25, 0.3) is 0 Å². The predicted molar refractivity (Wildman–Crippen MR) is 129 cm³/mol. The fraction of sp³-hybridized carbons (Fsp3) is 0.522. The number of carboxylic acids is 3. The second-order valence-electron chi connectivity index (χ2n) is 8.80. The minimum atomic E-state index is -5.08. The second kappa shape index (κ2) is 16.5. The quantitative estimate of drug-likeness (QED) is 0.387. The average molecular weight is 674 g/mol. The molecule has 0 bridgehead atoms. The molecule has 1 atom stereocenters. The van der Waals surface area contributed by atoms with E-state index in [0.29, 0.717) is 6.61 Å². The number of likely N-dealkylation sites (tertiary alicyclic amines) is 1. The lowest BCUT2D eigenvalue weighted by molar-refractivity contribution is -0.200. The summed E-state index contributed by atoms with van der Waals surface area (Å²) in [6.07, 6.45) is -7.47. The molecule has 4 heterocycles. The largest absolute Gasteiger partial charge is 0.490 e. The second-order valence-corrected chi connectivity index (χ2v) is 9.78. The Kier molecular flexibility index (Phi) is 14.4. The number of nitrogens with zero attached hydrogens (tertiary/aromatic N) is 3. The van der Waals surface area contributed by atoms with Gasteiger partial charge in [0.05, 0.1) is 24.9 Å². The van der Waals surface area contributed by atoms with Gasteiger partial charge in [-0.3, -0.25) is 9.88 Å². The van der Waals surface area contributed by atoms with E-state index >= 15 is 0 Å². The Balaban J connectivity index is 0.000000379. The van der Waals surface area contributed by atoms with Crippen LogP contribution in [0.15, 0.2) is 36.1 Å². The van der Waals surface area contributed by atoms with Gasteiger partial charge in [-0.25, -0.2) is 19.4 Å². The first-order chi connectivity index (χ1) is 20.1. The molecule has 1 unspecified atom stereocenters. The van der Waals surface area contributed by atoms with Gasteiger partial charge < -0.3 is 24.8 Å². The maximum atomic E-state index is 10.6. The summed E-state index contributed by atoms with van der Waals surface area (Å²) in [6, 6.07) is 4.01. The minimum absolute atomic E-state index is 0.00485. The zero-order valence-corrected chi connectivity index (χ0v) is 22.8. The zero-order valence-electron chi connectivity index (χ0n) is 22.0. The Bertz CT molecular complexity index is 1120. The van der Waals surface area contributed by atoms with Gasteiger partial charge in [0.15, 0.2) is 0 Å². The van der Waals surface area contributed by atoms with Crippen LogP contribution in [0.25, 0.3) is 0 Å². The lowest BCUT2D eigenvalue weighted by Crippen LogP contribution is -2.65. The highest BCUT2D eigenvalue weighted by Crippen LogP contribution is 2.36. The van der Waals surface area contributed by atoms with Crippen molar-refractivity contribution < 1.29 is 78.7 Å². The third-order valence-electron chi connectivity index (χ3n) is 5.25. The molecule has 2 aliphatic heterocycles. The van der Waals surface area contributed by atoms with E-state index in [9.17, 15) is 39.5 Å². The van der Waals surface area contributed by atoms with E-state index in [0.717, 1.165) is 44.6 Å². The van der Waals surface area contributed by atoms with E-state index in [1.54, 1.807) is 17.5 Å². The van der Waals surface area contributed by atoms with Gasteiger partial charge in [-0.1, -0.05) is 6.07 Å². The fourth-order valence-electron chi connectivity index (χ4n) is 3.45. The summed E-state index contributed by atoms with van der Waals surface area (Å²) in [7, 11) is 0. The van der Waals surface area contributed by atoms with Crippen molar-refractivity contribution in [2.75, 3.05) is 19.7 Å². The van der Waals surface area contributed by atoms with Crippen LogP contribution in [0.3, 0.4) is 0 Å². The molecular weight excluding hydrogens is 649 g/mol. The van der Waals surface area contributed by atoms with Crippen LogP contribution in [0.5, 0.6) is 0 Å². The molecule has 3 N–H and O–H groups in total. The molecule has 0 amide bonds. The van der Waals surface area contributed by atoms with Crippen LogP contribution in [0.1, 0.15) is 23.4 Å². The molecule has 2 fully saturated rings. The Morgan fingerprint density at radius 1 is 0.955 bits per heavy atom. The number of aliphatic carboxylic acids is 3. The number of pyridine rings is 1. The molecule has 2 aromatic heterocycles. The van der Waals surface area contributed by atoms with Crippen molar-refractivity contribution in [3.8, 4) is 0 Å². The summed E-state index contributed by atoms with van der Waals surface area (Å²) < 4.78 is 107. The molecule has 1 spiro atoms. The lowest BCUT2D eigenvalue weighted by atomic mass is 9.84. The van der Waals surface area contributed by atoms with Gasteiger partial charge >= 0.3 is 36.4 Å². The SMILES string of the molecule is O=C(O)C(F)(F)F.O=C(O)C(F)(F)F.O=C(O)C(F)(F)F.c1cncc(COC2CCOC3(C2)CN(Cc2nccs2)C3)c1. The summed E-state index contributed by atoms with van der Waals surface area (Å²) in [6.45, 7) is 4.34. The number of alkyl halides is 9. The third kappa shape index (κ3) is 14.8. The minimum Gasteiger partial charge on any atom is -0.475 e. The predicted octanol–water partition coefficient (Wildman–Crippen LogP) is 4.39. The highest BCUT2D eigenvalue weighted by atomic mass is 32.1. The number of carbonyl (C=O) groups is 3. The summed E-state index contributed by atoms with van der Waals surface area (Å²) in [5, 5.41) is 24.6. The van der Waals surface area contributed by atoms with E-state index < -0.39 is 36.4 Å². The topological polar surface area (TPSA) is 159 Å². The number of ether oxygens (including phenoxy) is 2. The molecule has 44 heavy (non-hydrogen) atoms. The molecule has 2 aliphatic rings. The molecule has 21 heteroatoms. The van der Waals surface area contributed by atoms with Crippen LogP contribution in [0.4, 0.5) is 39.5 Å². The smallest absolute Gasteiger partial charge is 0.475 e. The molecule has 0 radical (unpaired) electrons. The third-order valence-corrected chi connectivity index (χ3v) is 6.01. The summed E-state index contributed by atoms with van der Waals surface area (Å²) >= 11 is 1.72. The highest BCUT2D eigenvalue weighted by molar-refractivity contribution is 7.09. The first-order valence-corrected chi connectivity index (χ1v) is 12.7. The van der Waals surface area contributed by atoms with Crippen molar-refractivity contribution in [2.45, 2.75) is 56.2 Å². The molecule has 0 aliphatic carbocycles. The normalized spacial score (nSPS) is 17.8. The molecule has 4 rings (SSSR count). The van der Waals surface area contributed by atoms with Crippen molar-refractivity contribution >= 4 is 29.2 Å². The van der Waals surface area contributed by atoms with Gasteiger partial charge in [-0.2, -0.15) is 39.5 Å². The first-order valence-electron chi connectivity index (χ1n) is 11.8. The number of hydrogen-bond donors (Lipinski definition) is 3. The number of carboxylic acid groups (broad SMARTS) is 3. The van der Waals surface area contributed by atoms with Gasteiger partial charge in [0.1, 0.15) is 5.01 Å². The van der Waals surface area contributed by atoms with Crippen molar-refractivity contribution in [1.29, 1.82) is 0 Å². The molecule has 248 valence electrons. The van der Waals surface area contributed by atoms with Gasteiger partial charge in [-0.05, 0) is 18.1 Å². The van der Waals surface area contributed by atoms with Crippen LogP contribution in [-0.2, 0) is 37.0 Å². The van der Waals surface area contributed by atoms with Gasteiger partial charge in [-0.15, -0.1) is 11.3 Å². The van der Waals surface area contributed by atoms with E-state index in [4.69, 9.17) is 39.2 Å². The maximum absolute atomic E-state index is 10.6. The molecule has 2 saturated heterocycles. The van der Waals surface area contributed by atoms with E-state index in [-0.39, 0.29) is 11.7 Å². The zero-order chi connectivity index (χ0) is 33.8. The molecule has 0 saturated carbocycles. The van der Waals surface area contributed by atoms with E-state index in [2.05, 4.69) is 20.9 Å². The monoisotopic (exact) mass is 673 g/mol. The number of hydrogen-bond acceptors (Lipinski definition) is 9. The van der Waals surface area contributed by atoms with Crippen LogP contribution in [-0.4, -0.2) is 98.0 Å². The van der Waals surface area contributed by atoms with Crippen molar-refractivity contribution in [1.82, 2.24) is 14.9 Å². The fourth-order valence-corrected chi connectivity index (χ4v) is 4.10. The molecular formula is C23H24F9N3O8S. The number of thiazole rings is 1. The van der Waals surface area contributed by atoms with E-state index in [1.807, 2.05) is 23.8 Å². The van der Waals surface area contributed by atoms with E-state index in [1.165, 1.54) is 5.01 Å². The summed E-state index contributed by atoms with van der Waals surface area (Å²) in [5.41, 5.74) is 1.13. The Morgan fingerprint density at radius 2 is 1.48 bits per heavy atom. The summed E-state index contributed by atoms with van der Waals surface area (Å²) in [5.74, 6) is -8.27. The number of rotatable bonds is 5. The highest BCUT2D eigenvalue weighted by Gasteiger charge is 2.48. The number of aromatic nitrogens is 2. The average Bonchev–Trinajstić information content (AvgIpc) is 3.40. The van der Waals surface area contributed by atoms with Gasteiger partial charge in [0, 0.05) is 50.1 Å². The first kappa shape index (κ1) is 38.5. The molecule has 0 aromatic carbocycles. The van der Waals surface area contributed by atoms with Crippen LogP contribution < -0.4 is 0 Å². The lowest BCUT2D eigenvalue weighted by Gasteiger charge is -2.53. The Hall–Kier alpha value is -3.56. The standard InChI is InChI=1S/C17H21N3O2S.3C2HF3O2/c1-2-14(9-18-4-1)11-21-15-3-6-22-17(8-15)12-20(13-17)10-16-19-5-7-23-16;3*3-2(4,5)1(6)7/h1-2,4-5,7,9,15H,3,6,8,10-13H2;3*(H,6,7). The molecule has 11 nitrogen and oxygen atoms in total. The Morgan fingerprint density at radius 3 is 1.89 bits per heavy atom. The Labute approximate surface area is 245 Å².